The monoisotopic (exact) mass is 206 g/mol. The zero-order valence-corrected chi connectivity index (χ0v) is 9.58. The van der Waals surface area contributed by atoms with Crippen LogP contribution in [-0.2, 0) is 4.74 Å². The summed E-state index contributed by atoms with van der Waals surface area (Å²) in [6, 6.07) is 6.03. The van der Waals surface area contributed by atoms with E-state index in [9.17, 15) is 0 Å². The lowest BCUT2D eigenvalue weighted by molar-refractivity contribution is 0.105. The summed E-state index contributed by atoms with van der Waals surface area (Å²) in [5.41, 5.74) is 1.05. The number of pyridine rings is 1. The van der Waals surface area contributed by atoms with Gasteiger partial charge in [-0.05, 0) is 39.3 Å². The third-order valence-electron chi connectivity index (χ3n) is 3.19. The summed E-state index contributed by atoms with van der Waals surface area (Å²) in [4.78, 5) is 4.45. The molecule has 0 spiro atoms. The minimum Gasteiger partial charge on any atom is -0.376 e. The third kappa shape index (κ3) is 2.12. The molecule has 3 heteroatoms. The molecule has 0 aliphatic carbocycles. The topological polar surface area (TPSA) is 34.1 Å². The molecule has 1 aliphatic rings. The van der Waals surface area contributed by atoms with Crippen LogP contribution < -0.4 is 5.32 Å². The van der Waals surface area contributed by atoms with E-state index in [1.807, 2.05) is 25.1 Å². The highest BCUT2D eigenvalue weighted by atomic mass is 16.5. The van der Waals surface area contributed by atoms with Gasteiger partial charge >= 0.3 is 0 Å². The van der Waals surface area contributed by atoms with E-state index < -0.39 is 0 Å². The second-order valence-electron chi connectivity index (χ2n) is 4.47. The molecule has 1 N–H and O–H groups in total. The number of aryl methyl sites for hydroxylation is 1. The Morgan fingerprint density at radius 1 is 1.53 bits per heavy atom. The maximum Gasteiger partial charge on any atom is 0.126 e. The van der Waals surface area contributed by atoms with Gasteiger partial charge in [0.15, 0.2) is 0 Å². The number of hydrogen-bond acceptors (Lipinski definition) is 3. The van der Waals surface area contributed by atoms with Crippen molar-refractivity contribution in [3.8, 4) is 0 Å². The van der Waals surface area contributed by atoms with Crippen LogP contribution in [0.3, 0.4) is 0 Å². The Bertz CT molecular complexity index is 353. The molecule has 0 aromatic carbocycles. The van der Waals surface area contributed by atoms with E-state index in [4.69, 9.17) is 4.74 Å². The van der Waals surface area contributed by atoms with Crippen molar-refractivity contribution in [3.05, 3.63) is 23.9 Å². The minimum absolute atomic E-state index is 0.0147. The average molecular weight is 206 g/mol. The predicted molar refractivity (Wildman–Crippen MR) is 61.0 cm³/mol. The van der Waals surface area contributed by atoms with Crippen LogP contribution in [0.2, 0.25) is 0 Å². The Morgan fingerprint density at radius 3 is 2.93 bits per heavy atom. The quantitative estimate of drug-likeness (QED) is 0.806. The van der Waals surface area contributed by atoms with E-state index in [2.05, 4.69) is 24.1 Å². The number of nitrogens with zero attached hydrogens (tertiary/aromatic N) is 1. The average Bonchev–Trinajstić information content (AvgIpc) is 2.47. The fourth-order valence-corrected chi connectivity index (χ4v) is 1.90. The molecule has 1 aromatic rings. The van der Waals surface area contributed by atoms with Crippen LogP contribution >= 0.6 is 0 Å². The number of aromatic nitrogens is 1. The molecular weight excluding hydrogens is 188 g/mol. The normalized spacial score (nSPS) is 30.5. The number of rotatable bonds is 2. The number of hydrogen-bond donors (Lipinski definition) is 1. The van der Waals surface area contributed by atoms with Gasteiger partial charge in [0.2, 0.25) is 0 Å². The fourth-order valence-electron chi connectivity index (χ4n) is 1.90. The van der Waals surface area contributed by atoms with Crippen molar-refractivity contribution in [2.45, 2.75) is 38.8 Å². The number of ether oxygens (including phenoxy) is 1. The van der Waals surface area contributed by atoms with Crippen LogP contribution in [0.5, 0.6) is 0 Å². The first kappa shape index (κ1) is 10.4. The van der Waals surface area contributed by atoms with E-state index in [0.717, 1.165) is 24.5 Å². The molecule has 1 aliphatic heterocycles. The molecule has 0 radical (unpaired) electrons. The zero-order chi connectivity index (χ0) is 10.9. The molecule has 82 valence electrons. The van der Waals surface area contributed by atoms with E-state index in [1.165, 1.54) is 0 Å². The van der Waals surface area contributed by atoms with Crippen molar-refractivity contribution >= 4 is 5.82 Å². The minimum atomic E-state index is 0.0147. The van der Waals surface area contributed by atoms with Gasteiger partial charge in [0.25, 0.3) is 0 Å². The molecule has 3 nitrogen and oxygen atoms in total. The SMILES string of the molecule is Cc1cccc(NC2(C)CCOC2C)n1. The highest BCUT2D eigenvalue weighted by Gasteiger charge is 2.37. The maximum absolute atomic E-state index is 5.58. The lowest BCUT2D eigenvalue weighted by Crippen LogP contribution is -2.41. The Labute approximate surface area is 90.9 Å². The summed E-state index contributed by atoms with van der Waals surface area (Å²) in [6.45, 7) is 7.13. The van der Waals surface area contributed by atoms with Gasteiger partial charge in [-0.3, -0.25) is 0 Å². The van der Waals surface area contributed by atoms with Gasteiger partial charge in [0.05, 0.1) is 11.6 Å². The van der Waals surface area contributed by atoms with Crippen molar-refractivity contribution in [2.75, 3.05) is 11.9 Å². The molecule has 2 atom stereocenters. The fraction of sp³-hybridized carbons (Fsp3) is 0.583. The molecule has 15 heavy (non-hydrogen) atoms. The van der Waals surface area contributed by atoms with Crippen LogP contribution in [0.25, 0.3) is 0 Å². The molecule has 0 amide bonds. The first-order valence-electron chi connectivity index (χ1n) is 5.44. The van der Waals surface area contributed by atoms with Crippen LogP contribution in [0.15, 0.2) is 18.2 Å². The lowest BCUT2D eigenvalue weighted by atomic mass is 9.95. The molecule has 2 rings (SSSR count). The molecule has 2 unspecified atom stereocenters. The highest BCUT2D eigenvalue weighted by Crippen LogP contribution is 2.28. The summed E-state index contributed by atoms with van der Waals surface area (Å²) < 4.78 is 5.58. The van der Waals surface area contributed by atoms with Crippen molar-refractivity contribution in [3.63, 3.8) is 0 Å². The summed E-state index contributed by atoms with van der Waals surface area (Å²) >= 11 is 0. The molecular formula is C12H18N2O. The summed E-state index contributed by atoms with van der Waals surface area (Å²) in [5.74, 6) is 0.940. The third-order valence-corrected chi connectivity index (χ3v) is 3.19. The Balaban J connectivity index is 2.14. The number of nitrogens with one attached hydrogen (secondary N) is 1. The zero-order valence-electron chi connectivity index (χ0n) is 9.58. The summed E-state index contributed by atoms with van der Waals surface area (Å²) in [5, 5.41) is 3.47. The maximum atomic E-state index is 5.58. The molecule has 1 saturated heterocycles. The first-order valence-corrected chi connectivity index (χ1v) is 5.44. The predicted octanol–water partition coefficient (Wildman–Crippen LogP) is 2.37. The van der Waals surface area contributed by atoms with E-state index in [0.29, 0.717) is 0 Å². The smallest absolute Gasteiger partial charge is 0.126 e. The molecule has 0 bridgehead atoms. The van der Waals surface area contributed by atoms with E-state index in [-0.39, 0.29) is 11.6 Å². The van der Waals surface area contributed by atoms with Crippen molar-refractivity contribution in [1.29, 1.82) is 0 Å². The first-order chi connectivity index (χ1) is 7.10. The largest absolute Gasteiger partial charge is 0.376 e. The highest BCUT2D eigenvalue weighted by molar-refractivity contribution is 5.39. The van der Waals surface area contributed by atoms with Crippen LogP contribution in [-0.4, -0.2) is 23.2 Å². The van der Waals surface area contributed by atoms with Gasteiger partial charge in [0, 0.05) is 12.3 Å². The van der Waals surface area contributed by atoms with Crippen LogP contribution in [0, 0.1) is 6.92 Å². The second-order valence-corrected chi connectivity index (χ2v) is 4.47. The Hall–Kier alpha value is -1.09. The van der Waals surface area contributed by atoms with Gasteiger partial charge in [-0.15, -0.1) is 0 Å². The molecule has 2 heterocycles. The Kier molecular flexibility index (Phi) is 2.65. The van der Waals surface area contributed by atoms with Crippen molar-refractivity contribution in [1.82, 2.24) is 4.98 Å². The number of anilines is 1. The molecule has 1 aromatic heterocycles. The van der Waals surface area contributed by atoms with Crippen LogP contribution in [0.4, 0.5) is 5.82 Å². The molecule has 1 fully saturated rings. The van der Waals surface area contributed by atoms with Gasteiger partial charge in [-0.2, -0.15) is 0 Å². The standard InChI is InChI=1S/C12H18N2O/c1-9-5-4-6-11(13-9)14-12(3)7-8-15-10(12)2/h4-6,10H,7-8H2,1-3H3,(H,13,14). The van der Waals surface area contributed by atoms with E-state index >= 15 is 0 Å². The van der Waals surface area contributed by atoms with Crippen molar-refractivity contribution < 1.29 is 4.74 Å². The van der Waals surface area contributed by atoms with Gasteiger partial charge < -0.3 is 10.1 Å². The van der Waals surface area contributed by atoms with E-state index in [1.54, 1.807) is 0 Å². The van der Waals surface area contributed by atoms with Gasteiger partial charge in [-0.1, -0.05) is 6.07 Å². The van der Waals surface area contributed by atoms with Crippen LogP contribution in [0.1, 0.15) is 26.0 Å². The summed E-state index contributed by atoms with van der Waals surface area (Å²) in [7, 11) is 0. The Morgan fingerprint density at radius 2 is 2.33 bits per heavy atom. The second kappa shape index (κ2) is 3.81. The lowest BCUT2D eigenvalue weighted by Gasteiger charge is -2.29. The van der Waals surface area contributed by atoms with Gasteiger partial charge in [-0.25, -0.2) is 4.98 Å². The molecule has 0 saturated carbocycles. The van der Waals surface area contributed by atoms with Gasteiger partial charge in [0.1, 0.15) is 5.82 Å². The van der Waals surface area contributed by atoms with Crippen molar-refractivity contribution in [2.24, 2.45) is 0 Å². The summed E-state index contributed by atoms with van der Waals surface area (Å²) in [6.07, 6.45) is 1.27.